The zero-order valence-corrected chi connectivity index (χ0v) is 22.5. The number of likely N-dealkylation sites (tertiary alicyclic amines) is 1. The van der Waals surface area contributed by atoms with Gasteiger partial charge in [0.1, 0.15) is 17.6 Å². The summed E-state index contributed by atoms with van der Waals surface area (Å²) in [6.45, 7) is 2.92. The van der Waals surface area contributed by atoms with Crippen molar-refractivity contribution in [3.05, 3.63) is 95.2 Å². The summed E-state index contributed by atoms with van der Waals surface area (Å²) in [6.07, 6.45) is 8.76. The van der Waals surface area contributed by atoms with E-state index in [0.717, 1.165) is 50.1 Å². The Kier molecular flexibility index (Phi) is 9.09. The summed E-state index contributed by atoms with van der Waals surface area (Å²) < 4.78 is 20.0. The lowest BCUT2D eigenvalue weighted by Gasteiger charge is -2.33. The van der Waals surface area contributed by atoms with E-state index < -0.39 is 6.04 Å². The average molecular weight is 532 g/mol. The van der Waals surface area contributed by atoms with Crippen LogP contribution in [0.25, 0.3) is 0 Å². The van der Waals surface area contributed by atoms with Crippen LogP contribution in [0.4, 0.5) is 4.39 Å². The van der Waals surface area contributed by atoms with Gasteiger partial charge in [0.2, 0.25) is 5.91 Å². The van der Waals surface area contributed by atoms with Crippen molar-refractivity contribution in [1.29, 1.82) is 0 Å². The minimum absolute atomic E-state index is 0.0719. The lowest BCUT2D eigenvalue weighted by Crippen LogP contribution is -2.46. The van der Waals surface area contributed by atoms with Gasteiger partial charge in [0, 0.05) is 12.6 Å². The Balaban J connectivity index is 1.45. The summed E-state index contributed by atoms with van der Waals surface area (Å²) in [7, 11) is 0. The summed E-state index contributed by atoms with van der Waals surface area (Å²) >= 11 is 0. The quantitative estimate of drug-likeness (QED) is 0.355. The van der Waals surface area contributed by atoms with Gasteiger partial charge >= 0.3 is 0 Å². The molecule has 1 aromatic heterocycles. The SMILES string of the molecule is O=C(NC1CCCCC1)[C@@H](c1ccc(F)cc1)N(Cc1ccccc1)C(=O)c1ccc(CN2CCCCC2)o1. The van der Waals surface area contributed by atoms with Crippen LogP contribution in [-0.2, 0) is 17.9 Å². The maximum atomic E-state index is 14.1. The molecule has 2 fully saturated rings. The molecule has 39 heavy (non-hydrogen) atoms. The number of carbonyl (C=O) groups is 2. The van der Waals surface area contributed by atoms with Crippen molar-refractivity contribution >= 4 is 11.8 Å². The molecule has 206 valence electrons. The first-order valence-corrected chi connectivity index (χ1v) is 14.3. The number of carbonyl (C=O) groups excluding carboxylic acids is 2. The molecule has 1 aliphatic carbocycles. The first-order chi connectivity index (χ1) is 19.1. The molecule has 2 heterocycles. The molecule has 0 unspecified atom stereocenters. The van der Waals surface area contributed by atoms with E-state index in [0.29, 0.717) is 12.1 Å². The molecule has 3 aromatic rings. The van der Waals surface area contributed by atoms with Gasteiger partial charge < -0.3 is 14.6 Å². The van der Waals surface area contributed by atoms with Crippen LogP contribution in [0.1, 0.15) is 84.9 Å². The second-order valence-electron chi connectivity index (χ2n) is 10.8. The maximum absolute atomic E-state index is 14.1. The highest BCUT2D eigenvalue weighted by atomic mass is 19.1. The largest absolute Gasteiger partial charge is 0.455 e. The number of halogens is 1. The van der Waals surface area contributed by atoms with Crippen molar-refractivity contribution in [3.63, 3.8) is 0 Å². The summed E-state index contributed by atoms with van der Waals surface area (Å²) in [5, 5.41) is 3.20. The van der Waals surface area contributed by atoms with Gasteiger partial charge in [0.05, 0.1) is 6.54 Å². The van der Waals surface area contributed by atoms with Crippen molar-refractivity contribution < 1.29 is 18.4 Å². The van der Waals surface area contributed by atoms with Crippen LogP contribution in [0.2, 0.25) is 0 Å². The van der Waals surface area contributed by atoms with Crippen LogP contribution in [0, 0.1) is 5.82 Å². The van der Waals surface area contributed by atoms with Gasteiger partial charge in [-0.2, -0.15) is 0 Å². The molecule has 1 atom stereocenters. The van der Waals surface area contributed by atoms with Crippen LogP contribution in [-0.4, -0.2) is 40.7 Å². The second-order valence-corrected chi connectivity index (χ2v) is 10.8. The highest BCUT2D eigenvalue weighted by Crippen LogP contribution is 2.28. The number of hydrogen-bond acceptors (Lipinski definition) is 4. The van der Waals surface area contributed by atoms with Crippen LogP contribution in [0.3, 0.4) is 0 Å². The molecule has 1 N–H and O–H groups in total. The minimum atomic E-state index is -0.934. The molecule has 6 nitrogen and oxygen atoms in total. The Hall–Kier alpha value is -3.45. The topological polar surface area (TPSA) is 65.8 Å². The molecular formula is C32H38FN3O3. The number of benzene rings is 2. The summed E-state index contributed by atoms with van der Waals surface area (Å²) in [6, 6.07) is 18.2. The molecule has 1 saturated carbocycles. The van der Waals surface area contributed by atoms with Crippen molar-refractivity contribution in [3.8, 4) is 0 Å². The third kappa shape index (κ3) is 7.15. The van der Waals surface area contributed by atoms with E-state index in [2.05, 4.69) is 10.2 Å². The number of amides is 2. The number of nitrogens with zero attached hydrogens (tertiary/aromatic N) is 2. The number of hydrogen-bond donors (Lipinski definition) is 1. The summed E-state index contributed by atoms with van der Waals surface area (Å²) in [4.78, 5) is 31.9. The van der Waals surface area contributed by atoms with E-state index >= 15 is 0 Å². The zero-order chi connectivity index (χ0) is 27.0. The third-order valence-corrected chi connectivity index (χ3v) is 7.85. The molecule has 5 rings (SSSR count). The summed E-state index contributed by atoms with van der Waals surface area (Å²) in [5.74, 6) is -0.0605. The van der Waals surface area contributed by atoms with Gasteiger partial charge in [-0.05, 0) is 74.2 Å². The van der Waals surface area contributed by atoms with Gasteiger partial charge in [0.25, 0.3) is 5.91 Å². The highest BCUT2D eigenvalue weighted by Gasteiger charge is 2.35. The molecule has 2 amide bonds. The molecule has 2 aromatic carbocycles. The molecular weight excluding hydrogens is 493 g/mol. The van der Waals surface area contributed by atoms with Crippen LogP contribution >= 0.6 is 0 Å². The van der Waals surface area contributed by atoms with Crippen molar-refractivity contribution in [2.75, 3.05) is 13.1 Å². The first kappa shape index (κ1) is 27.1. The van der Waals surface area contributed by atoms with Gasteiger partial charge in [-0.25, -0.2) is 4.39 Å². The molecule has 2 aliphatic rings. The standard InChI is InChI=1S/C32H38FN3O3/c33-26-16-14-25(15-17-26)30(31(37)34-27-12-6-2-7-13-27)36(22-24-10-4-1-5-11-24)32(38)29-19-18-28(39-29)23-35-20-8-3-9-21-35/h1,4-5,10-11,14-19,27,30H,2-3,6-9,12-13,20-23H2,(H,34,37)/t30-/m1/s1. The first-order valence-electron chi connectivity index (χ1n) is 14.3. The average Bonchev–Trinajstić information content (AvgIpc) is 3.43. The number of rotatable bonds is 9. The lowest BCUT2D eigenvalue weighted by molar-refractivity contribution is -0.127. The van der Waals surface area contributed by atoms with Crippen molar-refractivity contribution in [2.45, 2.75) is 76.5 Å². The fraction of sp³-hybridized carbons (Fsp3) is 0.438. The van der Waals surface area contributed by atoms with E-state index in [1.54, 1.807) is 23.1 Å². The Morgan fingerprint density at radius 2 is 1.59 bits per heavy atom. The van der Waals surface area contributed by atoms with E-state index in [9.17, 15) is 14.0 Å². The van der Waals surface area contributed by atoms with E-state index in [1.807, 2.05) is 36.4 Å². The number of furan rings is 1. The van der Waals surface area contributed by atoms with Crippen molar-refractivity contribution in [2.24, 2.45) is 0 Å². The van der Waals surface area contributed by atoms with E-state index in [-0.39, 0.29) is 36.0 Å². The van der Waals surface area contributed by atoms with E-state index in [4.69, 9.17) is 4.42 Å². The predicted molar refractivity (Wildman–Crippen MR) is 148 cm³/mol. The van der Waals surface area contributed by atoms with Gasteiger partial charge in [-0.15, -0.1) is 0 Å². The van der Waals surface area contributed by atoms with Gasteiger partial charge in [-0.3, -0.25) is 14.5 Å². The molecule has 0 radical (unpaired) electrons. The molecule has 0 spiro atoms. The smallest absolute Gasteiger partial charge is 0.290 e. The molecule has 0 bridgehead atoms. The number of nitrogens with one attached hydrogen (secondary N) is 1. The van der Waals surface area contributed by atoms with Gasteiger partial charge in [0.15, 0.2) is 5.76 Å². The normalized spacial score (nSPS) is 17.5. The fourth-order valence-electron chi connectivity index (χ4n) is 5.76. The summed E-state index contributed by atoms with van der Waals surface area (Å²) in [5.41, 5.74) is 1.46. The lowest BCUT2D eigenvalue weighted by atomic mass is 9.94. The Bertz CT molecular complexity index is 1210. The Morgan fingerprint density at radius 1 is 0.897 bits per heavy atom. The van der Waals surface area contributed by atoms with Crippen molar-refractivity contribution in [1.82, 2.24) is 15.1 Å². The molecule has 7 heteroatoms. The molecule has 1 aliphatic heterocycles. The predicted octanol–water partition coefficient (Wildman–Crippen LogP) is 6.24. The molecule has 1 saturated heterocycles. The van der Waals surface area contributed by atoms with Gasteiger partial charge in [-0.1, -0.05) is 68.1 Å². The van der Waals surface area contributed by atoms with E-state index in [1.165, 1.54) is 37.8 Å². The Labute approximate surface area is 230 Å². The third-order valence-electron chi connectivity index (χ3n) is 7.85. The van der Waals surface area contributed by atoms with Crippen LogP contribution in [0.5, 0.6) is 0 Å². The minimum Gasteiger partial charge on any atom is -0.455 e. The maximum Gasteiger partial charge on any atom is 0.290 e. The monoisotopic (exact) mass is 531 g/mol. The Morgan fingerprint density at radius 3 is 2.31 bits per heavy atom. The zero-order valence-electron chi connectivity index (χ0n) is 22.5. The number of piperidine rings is 1. The van der Waals surface area contributed by atoms with Crippen LogP contribution in [0.15, 0.2) is 71.1 Å². The second kappa shape index (κ2) is 13.1. The van der Waals surface area contributed by atoms with Crippen LogP contribution < -0.4 is 5.32 Å². The fourth-order valence-corrected chi connectivity index (χ4v) is 5.76. The highest BCUT2D eigenvalue weighted by molar-refractivity contribution is 5.96.